The molecule has 7 rings (SSSR count). The maximum Gasteiger partial charge on any atom is 0.306 e. The number of aliphatic hydroxyl groups is 16. The summed E-state index contributed by atoms with van der Waals surface area (Å²) in [7, 11) is 1.74. The molecule has 0 unspecified atom stereocenters. The third-order valence-corrected chi connectivity index (χ3v) is 20.7. The van der Waals surface area contributed by atoms with E-state index in [9.17, 15) is 91.6 Å². The van der Waals surface area contributed by atoms with Gasteiger partial charge in [-0.1, -0.05) is 92.1 Å². The Hall–Kier alpha value is -12.6. The van der Waals surface area contributed by atoms with E-state index in [0.717, 1.165) is 28.5 Å². The standard InChI is InChI=1S/C74H102N24O18S2/c1-7-36(4)60(87-38(6)100)73(116)96-55-32-118-117-31-54(71(114)98-61(37(5)99)62(76)105)95-64(107)47(17-12-20-81-74(77)78)89-68(111)52(24-42-29-80-34-86-42)92-67(110)51(23-41-28-79-33-85-41)88-57(102)30-84-63(106)49(21-39-26-82-45-15-10-8-13-43(39)45)91-69(112)53(25-58(103)104)93-65(108)48(18-19-56(75)101)90-66(109)50(94-72(115)59(35(2)3)97-70(55)113)22-40-27-83-46-16-11-9-14-44(40)46/h8-11,13-16,26-29,33-37,47-55,59-61,82-83,99H,7,12,17-25,30-32H2,1-6H3,(H2,75,101)(H2,76,105)(H,79,85)(H,80,86)(H,84,106)(H,87,100)(H,88,102)(H,89,111)(H,90,109)(H,91,112)(H,92,110)(H,93,108)(H,94,115)(H,95,107)(H,96,116)(H,97,113)(H,98,114)(H,103,104)(H4,77,78,81)/t36-,37+,47-,48-,49-,50+,51-,52+,53+,54-,55-,59-,60-,61-/m0/s1. The van der Waals surface area contributed by atoms with Crippen LogP contribution in [0.15, 0.2) is 151 Å². The molecule has 27 N–H and O–H groups in total. The van der Waals surface area contributed by atoms with Gasteiger partial charge in [0.15, 0.2) is 23.8 Å². The number of aliphatic imine (C=N–C) groups is 13. The molecule has 0 spiro atoms. The Labute approximate surface area is 683 Å². The quantitative estimate of drug-likeness (QED) is 0.00997. The van der Waals surface area contributed by atoms with Crippen LogP contribution in [-0.4, -0.2) is 320 Å². The Balaban J connectivity index is 1.51. The van der Waals surface area contributed by atoms with E-state index in [0.29, 0.717) is 50.7 Å². The van der Waals surface area contributed by atoms with Crippen LogP contribution in [0.1, 0.15) is 103 Å². The second kappa shape index (κ2) is 45.0. The van der Waals surface area contributed by atoms with E-state index in [4.69, 9.17) is 22.0 Å². The number of aromatic nitrogens is 6. The number of hydrogen-bond donors (Lipinski definition) is 26. The van der Waals surface area contributed by atoms with Crippen LogP contribution in [0, 0.1) is 28.1 Å². The van der Waals surface area contributed by atoms with Crippen LogP contribution in [0.25, 0.3) is 21.8 Å². The lowest BCUT2D eigenvalue weighted by molar-refractivity contribution is -0.137. The Morgan fingerprint density at radius 2 is 1.08 bits per heavy atom. The third kappa shape index (κ3) is 28.4. The predicted octanol–water partition coefficient (Wildman–Crippen LogP) is 8.31. The van der Waals surface area contributed by atoms with E-state index in [1.165, 1.54) is 32.0 Å². The number of para-hydroxylation sites is 2. The average Bonchev–Trinajstić information content (AvgIpc) is 1.67. The number of carbonyl (C=O) groups is 1. The van der Waals surface area contributed by atoms with Crippen molar-refractivity contribution in [2.24, 2.45) is 82.5 Å². The number of rotatable bonds is 27. The molecule has 0 saturated heterocycles. The highest BCUT2D eigenvalue weighted by atomic mass is 33.1. The zero-order valence-corrected chi connectivity index (χ0v) is 66.9. The number of aliphatic hydroxyl groups excluding tert-OH is 16. The maximum absolute atomic E-state index is 12.8. The van der Waals surface area contributed by atoms with Gasteiger partial charge in [0.25, 0.3) is 0 Å². The van der Waals surface area contributed by atoms with Crippen molar-refractivity contribution >= 4 is 144 Å². The Kier molecular flexibility index (Phi) is 35.3. The Morgan fingerprint density at radius 1 is 0.585 bits per heavy atom. The second-order valence-corrected chi connectivity index (χ2v) is 30.4. The van der Waals surface area contributed by atoms with Crippen LogP contribution >= 0.6 is 21.6 Å². The molecule has 42 nitrogen and oxygen atoms in total. The summed E-state index contributed by atoms with van der Waals surface area (Å²) in [5.41, 5.74) is 8.38. The molecule has 638 valence electrons. The van der Waals surface area contributed by atoms with Crippen LogP contribution in [0.4, 0.5) is 0 Å². The van der Waals surface area contributed by atoms with Gasteiger partial charge in [-0.15, -0.1) is 0 Å². The van der Waals surface area contributed by atoms with Crippen LogP contribution in [0.2, 0.25) is 0 Å². The van der Waals surface area contributed by atoms with Gasteiger partial charge in [0.1, 0.15) is 73.0 Å². The minimum atomic E-state index is -2.05. The van der Waals surface area contributed by atoms with E-state index in [1.807, 2.05) is 0 Å². The SMILES string of the molecule is CC[C@H](C)[C@H](N=C(C)O)C(O)=N[C@H]1CSSC[C@@H](C(O)=N[C@H](C(=N)O)[C@@H](C)O)N=C(O)[C@H](CCCNC(=N)N)N=C(O)[C@@H](Cc2cnc[nH]2)N=C(O)[C@H](Cc2cnc[nH]2)N=C(O)CN=C(O)[C@H](Cc2c[nH]c3ccccc23)N=C(O)[C@@H](CC(=O)O)N=C(O)[C@H](CCC(=N)O)N=C(O)[C@@H](Cc2c[nH]c3ccccc23)N=C(O)[C@H](C(C)C)N=C1O. The highest BCUT2D eigenvalue weighted by Crippen LogP contribution is 2.29. The molecule has 0 amide bonds. The topological polar surface area (TPSA) is 720 Å². The van der Waals surface area contributed by atoms with Crippen molar-refractivity contribution in [1.82, 2.24) is 35.2 Å². The first kappa shape index (κ1) is 92.6. The Morgan fingerprint density at radius 3 is 1.58 bits per heavy atom. The number of aromatic amines is 4. The monoisotopic (exact) mass is 1680 g/mol. The molecule has 14 atom stereocenters. The highest BCUT2D eigenvalue weighted by molar-refractivity contribution is 8.76. The van der Waals surface area contributed by atoms with Gasteiger partial charge in [0.2, 0.25) is 76.7 Å². The third-order valence-electron chi connectivity index (χ3n) is 18.3. The number of H-pyrrole nitrogens is 4. The zero-order valence-electron chi connectivity index (χ0n) is 65.3. The molecule has 1 aliphatic heterocycles. The number of fused-ring (bicyclic) bond motifs is 2. The molecule has 6 aromatic rings. The largest absolute Gasteiger partial charge is 0.497 e. The molecule has 2 aromatic carbocycles. The number of benzene rings is 2. The molecule has 118 heavy (non-hydrogen) atoms. The summed E-state index contributed by atoms with van der Waals surface area (Å²) in [6.07, 6.45) is 3.54. The molecule has 0 saturated carbocycles. The van der Waals surface area contributed by atoms with Gasteiger partial charge in [-0.2, -0.15) is 0 Å². The molecular weight excluding hydrogens is 1580 g/mol. The summed E-state index contributed by atoms with van der Waals surface area (Å²) in [4.78, 5) is 89.0. The van der Waals surface area contributed by atoms with Gasteiger partial charge in [-0.05, 0) is 61.3 Å². The first-order valence-corrected chi connectivity index (χ1v) is 39.8. The van der Waals surface area contributed by atoms with Crippen molar-refractivity contribution in [3.63, 3.8) is 0 Å². The van der Waals surface area contributed by atoms with Crippen molar-refractivity contribution < 1.29 is 91.6 Å². The second-order valence-electron chi connectivity index (χ2n) is 27.8. The first-order valence-electron chi connectivity index (χ1n) is 37.3. The summed E-state index contributed by atoms with van der Waals surface area (Å²) in [6.45, 7) is 8.14. The molecule has 4 aromatic heterocycles. The number of hydrogen-bond acceptors (Lipinski definition) is 22. The number of imidazole rings is 2. The van der Waals surface area contributed by atoms with E-state index >= 15 is 0 Å². The normalized spacial score (nSPS) is 22.9. The molecule has 0 fully saturated rings. The van der Waals surface area contributed by atoms with Crippen molar-refractivity contribution in [2.45, 2.75) is 184 Å². The summed E-state index contributed by atoms with van der Waals surface area (Å²) in [5, 5.41) is 225. The van der Waals surface area contributed by atoms with E-state index in [1.54, 1.807) is 88.6 Å². The number of carboxylic acids is 1. The Bertz CT molecular complexity index is 4780. The van der Waals surface area contributed by atoms with Crippen molar-refractivity contribution in [3.8, 4) is 0 Å². The summed E-state index contributed by atoms with van der Waals surface area (Å²) in [5.74, 6) is -17.9. The van der Waals surface area contributed by atoms with Crippen molar-refractivity contribution in [2.75, 3.05) is 24.6 Å². The molecule has 5 heterocycles. The van der Waals surface area contributed by atoms with Gasteiger partial charge in [0.05, 0.1) is 25.2 Å². The lowest BCUT2D eigenvalue weighted by atomic mass is 9.99. The minimum Gasteiger partial charge on any atom is -0.497 e. The lowest BCUT2D eigenvalue weighted by Crippen LogP contribution is -2.35. The van der Waals surface area contributed by atoms with Crippen LogP contribution in [0.3, 0.4) is 0 Å². The number of aliphatic carboxylic acids is 1. The predicted molar refractivity (Wildman–Crippen MR) is 458 cm³/mol. The van der Waals surface area contributed by atoms with Crippen molar-refractivity contribution in [3.05, 3.63) is 108 Å². The molecular formula is C74H102N24O18S2. The fourth-order valence-corrected chi connectivity index (χ4v) is 14.1. The fraction of sp³-hybridized carbons (Fsp3) is 0.473. The van der Waals surface area contributed by atoms with Gasteiger partial charge in [-0.25, -0.2) is 74.9 Å². The average molecular weight is 1680 g/mol. The van der Waals surface area contributed by atoms with Gasteiger partial charge >= 0.3 is 5.97 Å². The first-order chi connectivity index (χ1) is 56.1. The van der Waals surface area contributed by atoms with Crippen LogP contribution < -0.4 is 11.1 Å². The zero-order chi connectivity index (χ0) is 86.4. The highest BCUT2D eigenvalue weighted by Gasteiger charge is 2.34. The number of guanidine groups is 1. The lowest BCUT2D eigenvalue weighted by Gasteiger charge is -2.22. The van der Waals surface area contributed by atoms with E-state index in [2.05, 4.69) is 100 Å². The van der Waals surface area contributed by atoms with Crippen LogP contribution in [-0.2, 0) is 30.5 Å². The summed E-state index contributed by atoms with van der Waals surface area (Å²) < 4.78 is 0. The number of nitrogens with zero attached hydrogens (tertiary/aromatic N) is 15. The number of carboxylic acid groups (broad SMARTS) is 1. The summed E-state index contributed by atoms with van der Waals surface area (Å²) in [6, 6.07) is -6.11. The van der Waals surface area contributed by atoms with Gasteiger partial charge < -0.3 is 118 Å². The number of nitrogens with one attached hydrogen (secondary N) is 8. The molecule has 0 aliphatic carbocycles. The number of nitrogens with two attached hydrogens (primary N) is 1. The van der Waals surface area contributed by atoms with Crippen LogP contribution in [0.5, 0.6) is 0 Å². The van der Waals surface area contributed by atoms with E-state index < -0.39 is 222 Å². The molecule has 44 heteroatoms. The van der Waals surface area contributed by atoms with Gasteiger partial charge in [0, 0.05) is 115 Å². The van der Waals surface area contributed by atoms with Gasteiger partial charge in [-0.3, -0.25) is 21.0 Å². The fourth-order valence-electron chi connectivity index (χ4n) is 11.9. The maximum atomic E-state index is 12.8. The molecule has 0 bridgehead atoms. The smallest absolute Gasteiger partial charge is 0.306 e. The summed E-state index contributed by atoms with van der Waals surface area (Å²) >= 11 is 0. The minimum absolute atomic E-state index is 0.0198. The molecule has 1 aliphatic rings. The van der Waals surface area contributed by atoms with E-state index in [-0.39, 0.29) is 50.8 Å². The molecule has 0 radical (unpaired) electrons. The van der Waals surface area contributed by atoms with Crippen molar-refractivity contribution in [1.29, 1.82) is 16.2 Å².